The number of aryl methyl sites for hydroxylation is 1. The van der Waals surface area contributed by atoms with Gasteiger partial charge in [-0.3, -0.25) is 10.1 Å². The molecule has 1 aliphatic carbocycles. The Labute approximate surface area is 110 Å². The summed E-state index contributed by atoms with van der Waals surface area (Å²) >= 11 is 1.42. The maximum atomic E-state index is 11.4. The van der Waals surface area contributed by atoms with Gasteiger partial charge in [-0.05, 0) is 26.7 Å². The molecule has 2 rings (SSSR count). The summed E-state index contributed by atoms with van der Waals surface area (Å²) in [6.07, 6.45) is 2.13. The van der Waals surface area contributed by atoms with E-state index in [1.165, 1.54) is 11.8 Å². The number of hydrogen-bond acceptors (Lipinski definition) is 5. The molecule has 0 radical (unpaired) electrons. The Bertz CT molecular complexity index is 458. The molecule has 7 heteroatoms. The second kappa shape index (κ2) is 4.89. The van der Waals surface area contributed by atoms with Gasteiger partial charge < -0.3 is 9.67 Å². The van der Waals surface area contributed by atoms with E-state index in [4.69, 9.17) is 0 Å². The van der Waals surface area contributed by atoms with E-state index in [1.54, 1.807) is 6.92 Å². The fraction of sp³-hybridized carbons (Fsp3) is 0.727. The molecule has 6 nitrogen and oxygen atoms in total. The normalized spacial score (nSPS) is 18.6. The molecule has 0 aliphatic heterocycles. The summed E-state index contributed by atoms with van der Waals surface area (Å²) in [5.41, 5.74) is -0.911. The Morgan fingerprint density at radius 2 is 2.28 bits per heavy atom. The summed E-state index contributed by atoms with van der Waals surface area (Å²) in [6, 6.07) is 0.355. The highest BCUT2D eigenvalue weighted by molar-refractivity contribution is 7.99. The van der Waals surface area contributed by atoms with Crippen molar-refractivity contribution >= 4 is 17.7 Å². The van der Waals surface area contributed by atoms with Crippen molar-refractivity contribution in [1.82, 2.24) is 20.1 Å². The van der Waals surface area contributed by atoms with Crippen LogP contribution < -0.4 is 5.32 Å². The molecule has 1 unspecified atom stereocenters. The van der Waals surface area contributed by atoms with Gasteiger partial charge in [0.05, 0.1) is 0 Å². The number of nitrogens with zero attached hydrogens (tertiary/aromatic N) is 3. The van der Waals surface area contributed by atoms with Crippen LogP contribution in [-0.2, 0) is 11.8 Å². The van der Waals surface area contributed by atoms with Gasteiger partial charge in [0.15, 0.2) is 5.16 Å². The van der Waals surface area contributed by atoms with Crippen molar-refractivity contribution in [3.8, 4) is 0 Å². The predicted molar refractivity (Wildman–Crippen MR) is 68.7 cm³/mol. The van der Waals surface area contributed by atoms with E-state index in [-0.39, 0.29) is 0 Å². The van der Waals surface area contributed by atoms with E-state index in [0.29, 0.717) is 11.8 Å². The highest BCUT2D eigenvalue weighted by atomic mass is 32.2. The molecule has 1 aliphatic rings. The van der Waals surface area contributed by atoms with Crippen molar-refractivity contribution in [1.29, 1.82) is 0 Å². The SMILES string of the molecule is Cc1nnc(SCC(C)(NC2CC2)C(=O)O)n1C. The molecule has 1 aromatic heterocycles. The van der Waals surface area contributed by atoms with E-state index in [1.807, 2.05) is 18.5 Å². The van der Waals surface area contributed by atoms with Crippen molar-refractivity contribution in [3.05, 3.63) is 5.82 Å². The third-order valence-corrected chi connectivity index (χ3v) is 4.45. The molecule has 0 spiro atoms. The largest absolute Gasteiger partial charge is 0.480 e. The number of nitrogens with one attached hydrogen (secondary N) is 1. The Balaban J connectivity index is 2.01. The summed E-state index contributed by atoms with van der Waals surface area (Å²) in [5, 5.41) is 21.3. The summed E-state index contributed by atoms with van der Waals surface area (Å²) in [6.45, 7) is 3.60. The minimum absolute atomic E-state index is 0.355. The quantitative estimate of drug-likeness (QED) is 0.745. The van der Waals surface area contributed by atoms with Crippen LogP contribution >= 0.6 is 11.8 Å². The van der Waals surface area contributed by atoms with E-state index in [9.17, 15) is 9.90 Å². The van der Waals surface area contributed by atoms with Gasteiger partial charge in [0.25, 0.3) is 0 Å². The Morgan fingerprint density at radius 3 is 2.72 bits per heavy atom. The topological polar surface area (TPSA) is 80.0 Å². The zero-order valence-corrected chi connectivity index (χ0v) is 11.6. The average Bonchev–Trinajstić information content (AvgIpc) is 3.05. The van der Waals surface area contributed by atoms with Gasteiger partial charge in [0.2, 0.25) is 0 Å². The van der Waals surface area contributed by atoms with E-state index < -0.39 is 11.5 Å². The molecule has 1 fully saturated rings. The van der Waals surface area contributed by atoms with Crippen LogP contribution in [0.3, 0.4) is 0 Å². The molecule has 100 valence electrons. The Morgan fingerprint density at radius 1 is 1.61 bits per heavy atom. The molecular weight excluding hydrogens is 252 g/mol. The second-order valence-electron chi connectivity index (χ2n) is 4.93. The van der Waals surface area contributed by atoms with Crippen molar-refractivity contribution in [2.24, 2.45) is 7.05 Å². The van der Waals surface area contributed by atoms with Gasteiger partial charge in [-0.2, -0.15) is 0 Å². The summed E-state index contributed by atoms with van der Waals surface area (Å²) in [5.74, 6) is 0.440. The van der Waals surface area contributed by atoms with Gasteiger partial charge in [-0.25, -0.2) is 0 Å². The molecule has 1 saturated carbocycles. The minimum atomic E-state index is -0.911. The van der Waals surface area contributed by atoms with E-state index in [2.05, 4.69) is 15.5 Å². The monoisotopic (exact) mass is 270 g/mol. The van der Waals surface area contributed by atoms with Crippen LogP contribution in [0.25, 0.3) is 0 Å². The summed E-state index contributed by atoms with van der Waals surface area (Å²) in [7, 11) is 1.88. The highest BCUT2D eigenvalue weighted by Crippen LogP contribution is 2.27. The van der Waals surface area contributed by atoms with Crippen LogP contribution in [0.4, 0.5) is 0 Å². The third kappa shape index (κ3) is 2.84. The van der Waals surface area contributed by atoms with Gasteiger partial charge in [0.1, 0.15) is 11.4 Å². The lowest BCUT2D eigenvalue weighted by Crippen LogP contribution is -2.52. The molecule has 0 aromatic carbocycles. The summed E-state index contributed by atoms with van der Waals surface area (Å²) < 4.78 is 1.87. The zero-order chi connectivity index (χ0) is 13.3. The number of hydrogen-bond donors (Lipinski definition) is 2. The molecule has 2 N–H and O–H groups in total. The van der Waals surface area contributed by atoms with Crippen molar-refractivity contribution in [3.63, 3.8) is 0 Å². The standard InChI is InChI=1S/C11H18N4O2S/c1-7-13-14-10(15(7)3)18-6-11(2,9(16)17)12-8-4-5-8/h8,12H,4-6H2,1-3H3,(H,16,17). The Kier molecular flexibility index (Phi) is 3.63. The van der Waals surface area contributed by atoms with Crippen molar-refractivity contribution < 1.29 is 9.90 Å². The molecule has 1 aromatic rings. The van der Waals surface area contributed by atoms with Gasteiger partial charge in [0, 0.05) is 18.8 Å². The van der Waals surface area contributed by atoms with E-state index in [0.717, 1.165) is 23.8 Å². The van der Waals surface area contributed by atoms with Gasteiger partial charge in [-0.15, -0.1) is 10.2 Å². The van der Waals surface area contributed by atoms with Crippen LogP contribution in [0, 0.1) is 6.92 Å². The number of rotatable bonds is 6. The molecule has 0 saturated heterocycles. The number of aliphatic carboxylic acids is 1. The lowest BCUT2D eigenvalue weighted by atomic mass is 10.1. The first-order valence-corrected chi connectivity index (χ1v) is 6.91. The third-order valence-electron chi connectivity index (χ3n) is 3.11. The molecule has 18 heavy (non-hydrogen) atoms. The Hall–Kier alpha value is -1.08. The maximum absolute atomic E-state index is 11.4. The van der Waals surface area contributed by atoms with E-state index >= 15 is 0 Å². The average molecular weight is 270 g/mol. The number of aromatic nitrogens is 3. The fourth-order valence-corrected chi connectivity index (χ4v) is 2.61. The van der Waals surface area contributed by atoms with Gasteiger partial charge >= 0.3 is 5.97 Å². The molecular formula is C11H18N4O2S. The number of thioether (sulfide) groups is 1. The maximum Gasteiger partial charge on any atom is 0.324 e. The summed E-state index contributed by atoms with van der Waals surface area (Å²) in [4.78, 5) is 11.4. The fourth-order valence-electron chi connectivity index (χ4n) is 1.57. The number of carboxylic acid groups (broad SMARTS) is 1. The lowest BCUT2D eigenvalue weighted by Gasteiger charge is -2.25. The van der Waals surface area contributed by atoms with Crippen LogP contribution in [0.1, 0.15) is 25.6 Å². The lowest BCUT2D eigenvalue weighted by molar-refractivity contribution is -0.143. The first-order valence-electron chi connectivity index (χ1n) is 5.92. The predicted octanol–water partition coefficient (Wildman–Crippen LogP) is 0.811. The minimum Gasteiger partial charge on any atom is -0.480 e. The number of carbonyl (C=O) groups is 1. The van der Waals surface area contributed by atoms with Crippen LogP contribution in [0.5, 0.6) is 0 Å². The van der Waals surface area contributed by atoms with Gasteiger partial charge in [-0.1, -0.05) is 11.8 Å². The van der Waals surface area contributed by atoms with Crippen molar-refractivity contribution in [2.45, 2.75) is 43.4 Å². The molecule has 0 amide bonds. The van der Waals surface area contributed by atoms with Crippen LogP contribution in [-0.4, -0.2) is 43.2 Å². The highest BCUT2D eigenvalue weighted by Gasteiger charge is 2.38. The molecule has 0 bridgehead atoms. The van der Waals surface area contributed by atoms with Crippen LogP contribution in [0.15, 0.2) is 5.16 Å². The molecule has 1 heterocycles. The van der Waals surface area contributed by atoms with Crippen molar-refractivity contribution in [2.75, 3.05) is 5.75 Å². The molecule has 1 atom stereocenters. The number of carboxylic acids is 1. The zero-order valence-electron chi connectivity index (χ0n) is 10.8. The van der Waals surface area contributed by atoms with Crippen LogP contribution in [0.2, 0.25) is 0 Å². The first-order chi connectivity index (χ1) is 8.42. The second-order valence-corrected chi connectivity index (χ2v) is 5.88. The first kappa shape index (κ1) is 13.4. The smallest absolute Gasteiger partial charge is 0.324 e.